The van der Waals surface area contributed by atoms with Crippen molar-refractivity contribution in [1.82, 2.24) is 9.97 Å². The molecular formula is C10H18Cl2N4O. The van der Waals surface area contributed by atoms with Crippen LogP contribution >= 0.6 is 24.8 Å². The SMILES string of the molecule is CO[C@H]1C[C@@H](CN)N(c2ccncn2)C1.Cl.Cl. The van der Waals surface area contributed by atoms with Crippen molar-refractivity contribution in [3.05, 3.63) is 18.6 Å². The van der Waals surface area contributed by atoms with Crippen LogP contribution in [-0.4, -0.2) is 42.3 Å². The Labute approximate surface area is 114 Å². The molecule has 1 saturated heterocycles. The molecule has 2 atom stereocenters. The van der Waals surface area contributed by atoms with Crippen LogP contribution in [0.2, 0.25) is 0 Å². The summed E-state index contributed by atoms with van der Waals surface area (Å²) < 4.78 is 5.35. The molecule has 0 unspecified atom stereocenters. The minimum Gasteiger partial charge on any atom is -0.380 e. The fourth-order valence-corrected chi connectivity index (χ4v) is 2.00. The normalized spacial score (nSPS) is 22.8. The van der Waals surface area contributed by atoms with Gasteiger partial charge in [0.2, 0.25) is 0 Å². The van der Waals surface area contributed by atoms with Gasteiger partial charge in [-0.05, 0) is 12.5 Å². The molecule has 1 aliphatic heterocycles. The van der Waals surface area contributed by atoms with Crippen molar-refractivity contribution < 1.29 is 4.74 Å². The highest BCUT2D eigenvalue weighted by atomic mass is 35.5. The van der Waals surface area contributed by atoms with Crippen LogP contribution in [0.15, 0.2) is 18.6 Å². The number of aromatic nitrogens is 2. The van der Waals surface area contributed by atoms with Gasteiger partial charge in [-0.2, -0.15) is 0 Å². The fourth-order valence-electron chi connectivity index (χ4n) is 2.00. The van der Waals surface area contributed by atoms with Crippen molar-refractivity contribution in [3.8, 4) is 0 Å². The first kappa shape index (κ1) is 16.4. The maximum atomic E-state index is 5.74. The van der Waals surface area contributed by atoms with E-state index in [0.717, 1.165) is 18.8 Å². The molecule has 0 spiro atoms. The van der Waals surface area contributed by atoms with E-state index in [1.54, 1.807) is 19.6 Å². The largest absolute Gasteiger partial charge is 0.380 e. The molecule has 2 rings (SSSR count). The predicted octanol–water partition coefficient (Wildman–Crippen LogP) is 0.873. The van der Waals surface area contributed by atoms with E-state index in [9.17, 15) is 0 Å². The Kier molecular flexibility index (Phi) is 7.38. The number of nitrogens with two attached hydrogens (primary N) is 1. The summed E-state index contributed by atoms with van der Waals surface area (Å²) in [6.45, 7) is 1.49. The predicted molar refractivity (Wildman–Crippen MR) is 72.1 cm³/mol. The first-order valence-corrected chi connectivity index (χ1v) is 5.10. The summed E-state index contributed by atoms with van der Waals surface area (Å²) in [7, 11) is 1.74. The van der Waals surface area contributed by atoms with Gasteiger partial charge in [0.05, 0.1) is 6.10 Å². The lowest BCUT2D eigenvalue weighted by molar-refractivity contribution is 0.118. The second-order valence-corrected chi connectivity index (χ2v) is 3.70. The van der Waals surface area contributed by atoms with Crippen molar-refractivity contribution >= 4 is 30.6 Å². The van der Waals surface area contributed by atoms with Gasteiger partial charge in [-0.15, -0.1) is 24.8 Å². The second kappa shape index (κ2) is 7.66. The third kappa shape index (κ3) is 3.67. The summed E-state index contributed by atoms with van der Waals surface area (Å²) in [4.78, 5) is 10.3. The van der Waals surface area contributed by atoms with E-state index in [-0.39, 0.29) is 30.9 Å². The highest BCUT2D eigenvalue weighted by molar-refractivity contribution is 5.85. The molecule has 1 fully saturated rings. The van der Waals surface area contributed by atoms with Crippen LogP contribution in [0.1, 0.15) is 6.42 Å². The molecule has 1 aromatic rings. The Morgan fingerprint density at radius 1 is 1.53 bits per heavy atom. The van der Waals surface area contributed by atoms with Gasteiger partial charge in [0.1, 0.15) is 12.1 Å². The lowest BCUT2D eigenvalue weighted by Crippen LogP contribution is -2.36. The van der Waals surface area contributed by atoms with Gasteiger partial charge in [-0.1, -0.05) is 0 Å². The Morgan fingerprint density at radius 3 is 2.82 bits per heavy atom. The molecule has 0 aliphatic carbocycles. The van der Waals surface area contributed by atoms with Gasteiger partial charge in [-0.25, -0.2) is 9.97 Å². The van der Waals surface area contributed by atoms with E-state index in [0.29, 0.717) is 12.6 Å². The van der Waals surface area contributed by atoms with Crippen LogP contribution in [0.5, 0.6) is 0 Å². The molecule has 2 N–H and O–H groups in total. The summed E-state index contributed by atoms with van der Waals surface area (Å²) in [5.41, 5.74) is 5.74. The molecule has 1 aromatic heterocycles. The van der Waals surface area contributed by atoms with Gasteiger partial charge < -0.3 is 15.4 Å². The minimum atomic E-state index is 0. The Morgan fingerprint density at radius 2 is 2.29 bits per heavy atom. The number of nitrogens with zero attached hydrogens (tertiary/aromatic N) is 3. The van der Waals surface area contributed by atoms with Crippen molar-refractivity contribution in [1.29, 1.82) is 0 Å². The summed E-state index contributed by atoms with van der Waals surface area (Å²) >= 11 is 0. The van der Waals surface area contributed by atoms with Crippen molar-refractivity contribution in [2.75, 3.05) is 25.1 Å². The summed E-state index contributed by atoms with van der Waals surface area (Å²) in [5, 5.41) is 0. The smallest absolute Gasteiger partial charge is 0.132 e. The number of halogens is 2. The topological polar surface area (TPSA) is 64.3 Å². The molecule has 0 amide bonds. The Hall–Kier alpha value is -0.620. The van der Waals surface area contributed by atoms with E-state index in [2.05, 4.69) is 14.9 Å². The van der Waals surface area contributed by atoms with Gasteiger partial charge in [0, 0.05) is 32.4 Å². The van der Waals surface area contributed by atoms with Gasteiger partial charge in [-0.3, -0.25) is 0 Å². The Bertz CT molecular complexity index is 314. The number of hydrogen-bond acceptors (Lipinski definition) is 5. The van der Waals surface area contributed by atoms with E-state index in [1.165, 1.54) is 0 Å². The van der Waals surface area contributed by atoms with Crippen LogP contribution in [0, 0.1) is 0 Å². The molecule has 2 heterocycles. The van der Waals surface area contributed by atoms with Crippen LogP contribution in [0.3, 0.4) is 0 Å². The average Bonchev–Trinajstić information content (AvgIpc) is 2.73. The highest BCUT2D eigenvalue weighted by Crippen LogP contribution is 2.24. The van der Waals surface area contributed by atoms with Crippen LogP contribution in [-0.2, 0) is 4.74 Å². The summed E-state index contributed by atoms with van der Waals surface area (Å²) in [5.74, 6) is 0.931. The quantitative estimate of drug-likeness (QED) is 0.890. The summed E-state index contributed by atoms with van der Waals surface area (Å²) in [6.07, 6.45) is 4.53. The van der Waals surface area contributed by atoms with Crippen LogP contribution < -0.4 is 10.6 Å². The average molecular weight is 281 g/mol. The molecule has 98 valence electrons. The van der Waals surface area contributed by atoms with E-state index in [1.807, 2.05) is 6.07 Å². The number of rotatable bonds is 3. The van der Waals surface area contributed by atoms with Crippen molar-refractivity contribution in [3.63, 3.8) is 0 Å². The lowest BCUT2D eigenvalue weighted by Gasteiger charge is -2.23. The number of methoxy groups -OCH3 is 1. The van der Waals surface area contributed by atoms with Crippen LogP contribution in [0.4, 0.5) is 5.82 Å². The second-order valence-electron chi connectivity index (χ2n) is 3.70. The maximum absolute atomic E-state index is 5.74. The Balaban J connectivity index is 0.00000128. The third-order valence-electron chi connectivity index (χ3n) is 2.84. The standard InChI is InChI=1S/C10H16N4O.2ClH/c1-15-9-4-8(5-11)14(6-9)10-2-3-12-7-13-10;;/h2-3,7-9H,4-6,11H2,1H3;2*1H/t8-,9-;;/m0../s1. The molecule has 7 heteroatoms. The lowest BCUT2D eigenvalue weighted by atomic mass is 10.2. The monoisotopic (exact) mass is 280 g/mol. The molecule has 0 saturated carbocycles. The number of anilines is 1. The van der Waals surface area contributed by atoms with E-state index >= 15 is 0 Å². The first-order valence-electron chi connectivity index (χ1n) is 5.10. The zero-order valence-electron chi connectivity index (χ0n) is 9.65. The zero-order valence-corrected chi connectivity index (χ0v) is 11.3. The first-order chi connectivity index (χ1) is 7.35. The van der Waals surface area contributed by atoms with E-state index < -0.39 is 0 Å². The van der Waals surface area contributed by atoms with Gasteiger partial charge in [0.25, 0.3) is 0 Å². The van der Waals surface area contributed by atoms with Gasteiger partial charge in [0.15, 0.2) is 0 Å². The maximum Gasteiger partial charge on any atom is 0.132 e. The zero-order chi connectivity index (χ0) is 10.7. The molecule has 0 radical (unpaired) electrons. The molecule has 0 bridgehead atoms. The third-order valence-corrected chi connectivity index (χ3v) is 2.84. The number of ether oxygens (including phenoxy) is 1. The van der Waals surface area contributed by atoms with Gasteiger partial charge >= 0.3 is 0 Å². The molecule has 1 aliphatic rings. The highest BCUT2D eigenvalue weighted by Gasteiger charge is 2.31. The summed E-state index contributed by atoms with van der Waals surface area (Å²) in [6, 6.07) is 2.23. The molecule has 0 aromatic carbocycles. The van der Waals surface area contributed by atoms with Crippen LogP contribution in [0.25, 0.3) is 0 Å². The fraction of sp³-hybridized carbons (Fsp3) is 0.600. The minimum absolute atomic E-state index is 0. The van der Waals surface area contributed by atoms with E-state index in [4.69, 9.17) is 10.5 Å². The van der Waals surface area contributed by atoms with Crippen molar-refractivity contribution in [2.45, 2.75) is 18.6 Å². The van der Waals surface area contributed by atoms with Crippen molar-refractivity contribution in [2.24, 2.45) is 5.73 Å². The molecule has 17 heavy (non-hydrogen) atoms. The molecular weight excluding hydrogens is 263 g/mol. The number of hydrogen-bond donors (Lipinski definition) is 1. The molecule has 5 nitrogen and oxygen atoms in total.